The Balaban J connectivity index is 1.72. The van der Waals surface area contributed by atoms with Crippen molar-refractivity contribution in [1.82, 2.24) is 10.3 Å². The van der Waals surface area contributed by atoms with Gasteiger partial charge in [0.2, 0.25) is 0 Å². The molecule has 2 aromatic rings. The van der Waals surface area contributed by atoms with Gasteiger partial charge in [-0.15, -0.1) is 11.3 Å². The average Bonchev–Trinajstić information content (AvgIpc) is 3.04. The van der Waals surface area contributed by atoms with Crippen molar-refractivity contribution in [3.05, 3.63) is 39.3 Å². The van der Waals surface area contributed by atoms with Crippen LogP contribution in [0.5, 0.6) is 5.75 Å². The maximum atomic E-state index is 12.4. The summed E-state index contributed by atoms with van der Waals surface area (Å²) in [6.45, 7) is 2.09. The number of carbonyl (C=O) groups excluding carboxylic acids is 1. The van der Waals surface area contributed by atoms with Gasteiger partial charge < -0.3 is 10.1 Å². The number of hydrogen-bond acceptors (Lipinski definition) is 5. The molecule has 7 heteroatoms. The molecule has 0 saturated carbocycles. The van der Waals surface area contributed by atoms with Crippen LogP contribution in [0.1, 0.15) is 34.0 Å². The van der Waals surface area contributed by atoms with E-state index in [0.717, 1.165) is 30.4 Å². The number of hydrogen-bond donors (Lipinski definition) is 2. The van der Waals surface area contributed by atoms with Crippen LogP contribution in [-0.2, 0) is 0 Å². The van der Waals surface area contributed by atoms with Crippen LogP contribution in [-0.4, -0.2) is 31.1 Å². The summed E-state index contributed by atoms with van der Waals surface area (Å²) in [7, 11) is 1.58. The van der Waals surface area contributed by atoms with Crippen LogP contribution in [0.2, 0.25) is 0 Å². The maximum absolute atomic E-state index is 12.4. The molecule has 0 atom stereocenters. The maximum Gasteiger partial charge on any atom is 0.258 e. The average molecular weight is 396 g/mol. The predicted octanol–water partition coefficient (Wildman–Crippen LogP) is 3.63. The molecule has 1 aromatic carbocycles. The predicted molar refractivity (Wildman–Crippen MR) is 95.6 cm³/mol. The Morgan fingerprint density at radius 3 is 2.96 bits per heavy atom. The second kappa shape index (κ2) is 7.42. The molecular weight excluding hydrogens is 378 g/mol. The lowest BCUT2D eigenvalue weighted by atomic mass is 9.97. The van der Waals surface area contributed by atoms with Crippen LogP contribution < -0.4 is 15.4 Å². The van der Waals surface area contributed by atoms with Crippen LogP contribution in [0.15, 0.2) is 28.9 Å². The number of benzene rings is 1. The number of amides is 1. The van der Waals surface area contributed by atoms with Gasteiger partial charge in [-0.25, -0.2) is 4.98 Å². The molecule has 2 heterocycles. The second-order valence-corrected chi connectivity index (χ2v) is 7.31. The molecule has 0 bridgehead atoms. The quantitative estimate of drug-likeness (QED) is 0.829. The van der Waals surface area contributed by atoms with Crippen molar-refractivity contribution in [2.24, 2.45) is 0 Å². The van der Waals surface area contributed by atoms with E-state index in [1.54, 1.807) is 36.6 Å². The van der Waals surface area contributed by atoms with Crippen molar-refractivity contribution in [2.75, 3.05) is 25.5 Å². The monoisotopic (exact) mass is 395 g/mol. The molecule has 23 heavy (non-hydrogen) atoms. The molecule has 1 fully saturated rings. The topological polar surface area (TPSA) is 63.2 Å². The van der Waals surface area contributed by atoms with E-state index in [1.807, 2.05) is 6.20 Å². The zero-order valence-electron chi connectivity index (χ0n) is 12.8. The van der Waals surface area contributed by atoms with E-state index in [1.165, 1.54) is 4.88 Å². The smallest absolute Gasteiger partial charge is 0.258 e. The molecule has 0 unspecified atom stereocenters. The lowest BCUT2D eigenvalue weighted by Gasteiger charge is -2.20. The van der Waals surface area contributed by atoms with Gasteiger partial charge in [-0.1, -0.05) is 0 Å². The van der Waals surface area contributed by atoms with Gasteiger partial charge in [-0.2, -0.15) is 0 Å². The SMILES string of the molecule is COc1ccc(Br)c(C(=O)Nc2ncc(C3CCNCC3)s2)c1. The Morgan fingerprint density at radius 1 is 1.43 bits per heavy atom. The number of rotatable bonds is 4. The Kier molecular flexibility index (Phi) is 5.30. The summed E-state index contributed by atoms with van der Waals surface area (Å²) in [5.41, 5.74) is 0.531. The van der Waals surface area contributed by atoms with Crippen molar-refractivity contribution < 1.29 is 9.53 Å². The second-order valence-electron chi connectivity index (χ2n) is 5.39. The minimum Gasteiger partial charge on any atom is -0.497 e. The largest absolute Gasteiger partial charge is 0.497 e. The summed E-state index contributed by atoms with van der Waals surface area (Å²) in [4.78, 5) is 18.0. The molecular formula is C16H18BrN3O2S. The Hall–Kier alpha value is -1.44. The minimum atomic E-state index is -0.193. The first-order chi connectivity index (χ1) is 11.2. The molecule has 0 radical (unpaired) electrons. The van der Waals surface area contributed by atoms with Gasteiger partial charge in [-0.05, 0) is 66.0 Å². The van der Waals surface area contributed by atoms with Gasteiger partial charge in [-0.3, -0.25) is 10.1 Å². The van der Waals surface area contributed by atoms with Gasteiger partial charge in [0, 0.05) is 15.5 Å². The fourth-order valence-corrected chi connectivity index (χ4v) is 4.02. The van der Waals surface area contributed by atoms with E-state index in [4.69, 9.17) is 4.74 Å². The van der Waals surface area contributed by atoms with E-state index < -0.39 is 0 Å². The van der Waals surface area contributed by atoms with Gasteiger partial charge in [0.25, 0.3) is 5.91 Å². The molecule has 1 saturated heterocycles. The van der Waals surface area contributed by atoms with E-state index >= 15 is 0 Å². The standard InChI is InChI=1S/C16H18BrN3O2S/c1-22-11-2-3-13(17)12(8-11)15(21)20-16-19-9-14(23-16)10-4-6-18-7-5-10/h2-3,8-10,18H,4-7H2,1H3,(H,19,20,21). The number of piperidine rings is 1. The first-order valence-electron chi connectivity index (χ1n) is 7.48. The van der Waals surface area contributed by atoms with Crippen molar-refractivity contribution in [2.45, 2.75) is 18.8 Å². The third-order valence-electron chi connectivity index (χ3n) is 3.90. The third-order valence-corrected chi connectivity index (χ3v) is 5.67. The fraction of sp³-hybridized carbons (Fsp3) is 0.375. The molecule has 1 aromatic heterocycles. The minimum absolute atomic E-state index is 0.193. The van der Waals surface area contributed by atoms with Gasteiger partial charge in [0.15, 0.2) is 5.13 Å². The number of carbonyl (C=O) groups is 1. The summed E-state index contributed by atoms with van der Waals surface area (Å²) in [5.74, 6) is 0.998. The summed E-state index contributed by atoms with van der Waals surface area (Å²) >= 11 is 4.96. The number of nitrogens with zero attached hydrogens (tertiary/aromatic N) is 1. The highest BCUT2D eigenvalue weighted by molar-refractivity contribution is 9.10. The summed E-state index contributed by atoms with van der Waals surface area (Å²) < 4.78 is 5.90. The number of methoxy groups -OCH3 is 1. The molecule has 1 aliphatic rings. The highest BCUT2D eigenvalue weighted by atomic mass is 79.9. The molecule has 0 aliphatic carbocycles. The fourth-order valence-electron chi connectivity index (χ4n) is 2.61. The molecule has 0 spiro atoms. The van der Waals surface area contributed by atoms with Crippen LogP contribution >= 0.6 is 27.3 Å². The highest BCUT2D eigenvalue weighted by Crippen LogP contribution is 2.32. The number of nitrogens with one attached hydrogen (secondary N) is 2. The van der Waals surface area contributed by atoms with Gasteiger partial charge >= 0.3 is 0 Å². The number of halogens is 1. The normalized spacial score (nSPS) is 15.4. The van der Waals surface area contributed by atoms with Crippen LogP contribution in [0, 0.1) is 0 Å². The molecule has 122 valence electrons. The number of anilines is 1. The molecule has 1 amide bonds. The Labute approximate surface area is 147 Å². The van der Waals surface area contributed by atoms with Crippen molar-refractivity contribution in [3.63, 3.8) is 0 Å². The molecule has 5 nitrogen and oxygen atoms in total. The zero-order chi connectivity index (χ0) is 16.2. The first-order valence-corrected chi connectivity index (χ1v) is 9.09. The lowest BCUT2D eigenvalue weighted by molar-refractivity contribution is 0.102. The molecule has 1 aliphatic heterocycles. The van der Waals surface area contributed by atoms with Crippen molar-refractivity contribution in [3.8, 4) is 5.75 Å². The zero-order valence-corrected chi connectivity index (χ0v) is 15.2. The van der Waals surface area contributed by atoms with Gasteiger partial charge in [0.05, 0.1) is 12.7 Å². The molecule has 3 rings (SSSR count). The first kappa shape index (κ1) is 16.4. The molecule has 2 N–H and O–H groups in total. The van der Waals surface area contributed by atoms with E-state index in [0.29, 0.717) is 22.4 Å². The lowest BCUT2D eigenvalue weighted by Crippen LogP contribution is -2.26. The Morgan fingerprint density at radius 2 is 2.22 bits per heavy atom. The number of ether oxygens (including phenoxy) is 1. The third kappa shape index (κ3) is 3.91. The Bertz CT molecular complexity index is 698. The van der Waals surface area contributed by atoms with Crippen LogP contribution in [0.25, 0.3) is 0 Å². The van der Waals surface area contributed by atoms with E-state index in [9.17, 15) is 4.79 Å². The van der Waals surface area contributed by atoms with Gasteiger partial charge in [0.1, 0.15) is 5.75 Å². The van der Waals surface area contributed by atoms with E-state index in [-0.39, 0.29) is 5.91 Å². The van der Waals surface area contributed by atoms with Crippen LogP contribution in [0.3, 0.4) is 0 Å². The number of aromatic nitrogens is 1. The van der Waals surface area contributed by atoms with Crippen LogP contribution in [0.4, 0.5) is 5.13 Å². The van der Waals surface area contributed by atoms with Crippen molar-refractivity contribution in [1.29, 1.82) is 0 Å². The van der Waals surface area contributed by atoms with E-state index in [2.05, 4.69) is 31.5 Å². The van der Waals surface area contributed by atoms with Crippen molar-refractivity contribution >= 4 is 38.3 Å². The highest BCUT2D eigenvalue weighted by Gasteiger charge is 2.19. The summed E-state index contributed by atoms with van der Waals surface area (Å²) in [6.07, 6.45) is 4.13. The summed E-state index contributed by atoms with van der Waals surface area (Å²) in [6, 6.07) is 5.32. The number of thiazole rings is 1. The summed E-state index contributed by atoms with van der Waals surface area (Å²) in [5, 5.41) is 6.87.